The number of hydrogen-bond acceptors (Lipinski definition) is 2. The molecule has 1 amide bonds. The number of rotatable bonds is 6. The van der Waals surface area contributed by atoms with Gasteiger partial charge in [0.05, 0.1) is 23.7 Å². The van der Waals surface area contributed by atoms with E-state index < -0.39 is 35.5 Å². The van der Waals surface area contributed by atoms with Crippen molar-refractivity contribution < 1.29 is 36.2 Å². The van der Waals surface area contributed by atoms with Crippen LogP contribution in [0, 0.1) is 0 Å². The Morgan fingerprint density at radius 2 is 1.50 bits per heavy atom. The molecule has 32 heavy (non-hydrogen) atoms. The van der Waals surface area contributed by atoms with Gasteiger partial charge in [0.2, 0.25) is 5.91 Å². The van der Waals surface area contributed by atoms with E-state index in [0.29, 0.717) is 6.54 Å². The molecule has 3 nitrogen and oxygen atoms in total. The molecule has 3 aromatic rings. The number of nitrogens with one attached hydrogen (secondary N) is 1. The van der Waals surface area contributed by atoms with Crippen molar-refractivity contribution in [1.82, 2.24) is 5.32 Å². The fraction of sp³-hybridized carbons (Fsp3) is 0.348. The van der Waals surface area contributed by atoms with Crippen LogP contribution in [0.15, 0.2) is 42.5 Å². The standard InChI is InChI=1S/C23H21F6NO2/c1-2-3-8-30-21(32)12-20(31)19-9-13-4-5-14(22(24,25)26)10-17(13)18-11-15(23(27,28)29)6-7-16(18)19/h4-7,9-11,20,31H,2-3,8,12H2,1H3,(H,30,32). The van der Waals surface area contributed by atoms with E-state index in [1.54, 1.807) is 0 Å². The molecule has 2 N–H and O–H groups in total. The molecule has 172 valence electrons. The number of aliphatic hydroxyl groups excluding tert-OH is 1. The summed E-state index contributed by atoms with van der Waals surface area (Å²) >= 11 is 0. The molecule has 0 aliphatic heterocycles. The highest BCUT2D eigenvalue weighted by Gasteiger charge is 2.33. The number of benzene rings is 3. The predicted molar refractivity (Wildman–Crippen MR) is 109 cm³/mol. The third-order valence-corrected chi connectivity index (χ3v) is 5.23. The van der Waals surface area contributed by atoms with Crippen molar-refractivity contribution in [3.63, 3.8) is 0 Å². The fourth-order valence-corrected chi connectivity index (χ4v) is 3.57. The molecule has 1 atom stereocenters. The molecule has 0 heterocycles. The smallest absolute Gasteiger partial charge is 0.388 e. The van der Waals surface area contributed by atoms with Crippen molar-refractivity contribution in [2.45, 2.75) is 44.6 Å². The van der Waals surface area contributed by atoms with Gasteiger partial charge < -0.3 is 10.4 Å². The van der Waals surface area contributed by atoms with Crippen molar-refractivity contribution in [3.05, 3.63) is 59.2 Å². The number of halogens is 6. The zero-order chi connectivity index (χ0) is 23.7. The second kappa shape index (κ2) is 8.97. The Kier molecular flexibility index (Phi) is 6.69. The third-order valence-electron chi connectivity index (χ3n) is 5.23. The Morgan fingerprint density at radius 3 is 2.09 bits per heavy atom. The first-order valence-electron chi connectivity index (χ1n) is 10.0. The lowest BCUT2D eigenvalue weighted by molar-refractivity contribution is -0.138. The number of carbonyl (C=O) groups excluding carboxylic acids is 1. The van der Waals surface area contributed by atoms with Crippen LogP contribution < -0.4 is 5.32 Å². The zero-order valence-electron chi connectivity index (χ0n) is 17.1. The summed E-state index contributed by atoms with van der Waals surface area (Å²) in [6.45, 7) is 2.37. The van der Waals surface area contributed by atoms with E-state index in [1.165, 1.54) is 6.07 Å². The molecule has 0 aliphatic rings. The van der Waals surface area contributed by atoms with E-state index in [1.807, 2.05) is 6.92 Å². The fourth-order valence-electron chi connectivity index (χ4n) is 3.57. The van der Waals surface area contributed by atoms with Crippen molar-refractivity contribution in [2.24, 2.45) is 0 Å². The van der Waals surface area contributed by atoms with Gasteiger partial charge in [-0.2, -0.15) is 26.3 Å². The van der Waals surface area contributed by atoms with Gasteiger partial charge in [0.1, 0.15) is 0 Å². The number of alkyl halides is 6. The van der Waals surface area contributed by atoms with Crippen LogP contribution in [-0.4, -0.2) is 17.6 Å². The van der Waals surface area contributed by atoms with Gasteiger partial charge in [-0.1, -0.05) is 25.5 Å². The molecule has 0 spiro atoms. The highest BCUT2D eigenvalue weighted by Crippen LogP contribution is 2.39. The summed E-state index contributed by atoms with van der Waals surface area (Å²) in [4.78, 5) is 12.1. The summed E-state index contributed by atoms with van der Waals surface area (Å²) in [6, 6.07) is 6.88. The molecule has 0 fully saturated rings. The van der Waals surface area contributed by atoms with Crippen LogP contribution in [-0.2, 0) is 17.1 Å². The van der Waals surface area contributed by atoms with Gasteiger partial charge in [0.25, 0.3) is 0 Å². The van der Waals surface area contributed by atoms with Gasteiger partial charge in [0, 0.05) is 6.54 Å². The quantitative estimate of drug-likeness (QED) is 0.257. The van der Waals surface area contributed by atoms with Crippen LogP contribution in [0.2, 0.25) is 0 Å². The lowest BCUT2D eigenvalue weighted by Gasteiger charge is -2.18. The van der Waals surface area contributed by atoms with Gasteiger partial charge in [-0.3, -0.25) is 4.79 Å². The van der Waals surface area contributed by atoms with Gasteiger partial charge in [0.15, 0.2) is 0 Å². The van der Waals surface area contributed by atoms with E-state index in [9.17, 15) is 36.2 Å². The summed E-state index contributed by atoms with van der Waals surface area (Å²) in [7, 11) is 0. The van der Waals surface area contributed by atoms with Crippen molar-refractivity contribution in [3.8, 4) is 0 Å². The monoisotopic (exact) mass is 457 g/mol. The van der Waals surface area contributed by atoms with Crippen LogP contribution in [0.5, 0.6) is 0 Å². The van der Waals surface area contributed by atoms with Gasteiger partial charge >= 0.3 is 12.4 Å². The topological polar surface area (TPSA) is 49.3 Å². The maximum absolute atomic E-state index is 13.3. The largest absolute Gasteiger partial charge is 0.416 e. The minimum Gasteiger partial charge on any atom is -0.388 e. The highest BCUT2D eigenvalue weighted by atomic mass is 19.4. The first kappa shape index (κ1) is 23.8. The number of carbonyl (C=O) groups is 1. The van der Waals surface area contributed by atoms with Crippen molar-refractivity contribution in [2.75, 3.05) is 6.54 Å². The summed E-state index contributed by atoms with van der Waals surface area (Å²) in [5, 5.41) is 13.6. The zero-order valence-corrected chi connectivity index (χ0v) is 17.1. The second-order valence-corrected chi connectivity index (χ2v) is 7.58. The number of amides is 1. The molecule has 0 aromatic heterocycles. The maximum atomic E-state index is 13.3. The summed E-state index contributed by atoms with van der Waals surface area (Å²) < 4.78 is 79.4. The first-order valence-corrected chi connectivity index (χ1v) is 10.0. The first-order chi connectivity index (χ1) is 14.9. The molecule has 3 aromatic carbocycles. The Bertz CT molecular complexity index is 1140. The Balaban J connectivity index is 2.15. The van der Waals surface area contributed by atoms with Gasteiger partial charge in [-0.05, 0) is 63.9 Å². The number of unbranched alkanes of at least 4 members (excludes halogenated alkanes) is 1. The molecular weight excluding hydrogens is 436 g/mol. The van der Waals surface area contributed by atoms with E-state index in [0.717, 1.165) is 49.2 Å². The predicted octanol–water partition coefficient (Wildman–Crippen LogP) is 6.37. The number of hydrogen-bond donors (Lipinski definition) is 2. The second-order valence-electron chi connectivity index (χ2n) is 7.58. The Hall–Kier alpha value is -2.81. The molecular formula is C23H21F6NO2. The number of fused-ring (bicyclic) bond motifs is 3. The van der Waals surface area contributed by atoms with Gasteiger partial charge in [-0.15, -0.1) is 0 Å². The Morgan fingerprint density at radius 1 is 0.906 bits per heavy atom. The molecule has 0 saturated carbocycles. The lowest BCUT2D eigenvalue weighted by Crippen LogP contribution is -2.26. The molecule has 0 saturated heterocycles. The highest BCUT2D eigenvalue weighted by molar-refractivity contribution is 6.09. The lowest BCUT2D eigenvalue weighted by atomic mass is 9.91. The van der Waals surface area contributed by atoms with E-state index in [-0.39, 0.29) is 33.5 Å². The summed E-state index contributed by atoms with van der Waals surface area (Å²) in [5.74, 6) is -0.432. The number of aliphatic hydroxyl groups is 1. The van der Waals surface area contributed by atoms with Crippen molar-refractivity contribution in [1.29, 1.82) is 0 Å². The van der Waals surface area contributed by atoms with E-state index in [2.05, 4.69) is 5.32 Å². The minimum atomic E-state index is -4.70. The van der Waals surface area contributed by atoms with Crippen LogP contribution in [0.25, 0.3) is 21.5 Å². The SMILES string of the molecule is CCCCNC(=O)CC(O)c1cc2ccc(C(F)(F)F)cc2c2cc(C(F)(F)F)ccc12. The van der Waals surface area contributed by atoms with Crippen LogP contribution >= 0.6 is 0 Å². The molecule has 0 radical (unpaired) electrons. The minimum absolute atomic E-state index is 0.0238. The van der Waals surface area contributed by atoms with E-state index >= 15 is 0 Å². The van der Waals surface area contributed by atoms with Crippen LogP contribution in [0.4, 0.5) is 26.3 Å². The normalized spacial score (nSPS) is 13.5. The molecule has 0 bridgehead atoms. The molecule has 1 unspecified atom stereocenters. The van der Waals surface area contributed by atoms with Crippen LogP contribution in [0.3, 0.4) is 0 Å². The summed E-state index contributed by atoms with van der Waals surface area (Å²) in [5.41, 5.74) is -1.84. The average Bonchev–Trinajstić information content (AvgIpc) is 2.71. The molecule has 3 rings (SSSR count). The maximum Gasteiger partial charge on any atom is 0.416 e. The van der Waals surface area contributed by atoms with Crippen molar-refractivity contribution >= 4 is 27.5 Å². The summed E-state index contributed by atoms with van der Waals surface area (Å²) in [6.07, 6.45) is -9.43. The third kappa shape index (κ3) is 5.15. The molecule has 9 heteroatoms. The van der Waals surface area contributed by atoms with Crippen LogP contribution in [0.1, 0.15) is 49.0 Å². The Labute approximate surface area is 180 Å². The average molecular weight is 457 g/mol. The van der Waals surface area contributed by atoms with E-state index in [4.69, 9.17) is 0 Å². The van der Waals surface area contributed by atoms with Gasteiger partial charge in [-0.25, -0.2) is 0 Å². The molecule has 0 aliphatic carbocycles.